The van der Waals surface area contributed by atoms with E-state index in [1.54, 1.807) is 17.0 Å². The van der Waals surface area contributed by atoms with E-state index in [2.05, 4.69) is 5.10 Å². The van der Waals surface area contributed by atoms with Crippen LogP contribution in [0.25, 0.3) is 10.8 Å². The average Bonchev–Trinajstić information content (AvgIpc) is 2.56. The predicted molar refractivity (Wildman–Crippen MR) is 92.2 cm³/mol. The average molecular weight is 329 g/mol. The van der Waals surface area contributed by atoms with Crippen molar-refractivity contribution in [3.05, 3.63) is 40.3 Å². The molecule has 0 saturated carbocycles. The lowest BCUT2D eigenvalue weighted by Crippen LogP contribution is -2.45. The fourth-order valence-electron chi connectivity index (χ4n) is 3.02. The summed E-state index contributed by atoms with van der Waals surface area (Å²) < 4.78 is 6.93. The Bertz CT molecular complexity index is 813. The first kappa shape index (κ1) is 16.6. The molecule has 1 atom stereocenters. The number of carbonyl (C=O) groups excluding carboxylic acids is 1. The topological polar surface area (TPSA) is 64.4 Å². The van der Waals surface area contributed by atoms with E-state index in [0.717, 1.165) is 0 Å². The third-order valence-corrected chi connectivity index (χ3v) is 4.14. The van der Waals surface area contributed by atoms with Crippen LogP contribution >= 0.6 is 0 Å². The van der Waals surface area contributed by atoms with Gasteiger partial charge in [-0.05, 0) is 18.9 Å². The summed E-state index contributed by atoms with van der Waals surface area (Å²) >= 11 is 0. The van der Waals surface area contributed by atoms with Gasteiger partial charge in [-0.2, -0.15) is 5.10 Å². The number of hydrogen-bond acceptors (Lipinski definition) is 4. The quantitative estimate of drug-likeness (QED) is 0.863. The van der Waals surface area contributed by atoms with Gasteiger partial charge in [0.25, 0.3) is 11.5 Å². The van der Waals surface area contributed by atoms with Crippen LogP contribution in [0, 0.1) is 5.92 Å². The Kier molecular flexibility index (Phi) is 4.66. The Morgan fingerprint density at radius 2 is 2.04 bits per heavy atom. The zero-order chi connectivity index (χ0) is 17.3. The molecule has 1 saturated heterocycles. The van der Waals surface area contributed by atoms with Gasteiger partial charge >= 0.3 is 0 Å². The summed E-state index contributed by atoms with van der Waals surface area (Å²) in [5, 5.41) is 5.57. The summed E-state index contributed by atoms with van der Waals surface area (Å²) in [5.41, 5.74) is 0.200. The van der Waals surface area contributed by atoms with Crippen molar-refractivity contribution in [1.82, 2.24) is 14.7 Å². The molecular formula is C18H23N3O3. The van der Waals surface area contributed by atoms with Crippen LogP contribution in [0.3, 0.4) is 0 Å². The molecule has 0 spiro atoms. The molecule has 1 amide bonds. The highest BCUT2D eigenvalue weighted by Crippen LogP contribution is 2.17. The van der Waals surface area contributed by atoms with Crippen molar-refractivity contribution in [2.45, 2.75) is 33.4 Å². The van der Waals surface area contributed by atoms with Crippen LogP contribution in [-0.2, 0) is 11.3 Å². The molecule has 1 aliphatic heterocycles. The van der Waals surface area contributed by atoms with Crippen molar-refractivity contribution >= 4 is 16.7 Å². The molecule has 0 bridgehead atoms. The van der Waals surface area contributed by atoms with Gasteiger partial charge in [0.15, 0.2) is 5.69 Å². The molecule has 2 heterocycles. The van der Waals surface area contributed by atoms with Crippen LogP contribution in [0.4, 0.5) is 0 Å². The fraction of sp³-hybridized carbons (Fsp3) is 0.500. The van der Waals surface area contributed by atoms with Crippen molar-refractivity contribution in [1.29, 1.82) is 0 Å². The molecule has 6 heteroatoms. The number of fused-ring (bicyclic) bond motifs is 1. The van der Waals surface area contributed by atoms with Gasteiger partial charge in [-0.1, -0.05) is 32.0 Å². The van der Waals surface area contributed by atoms with Gasteiger partial charge < -0.3 is 9.64 Å². The molecule has 1 aromatic carbocycles. The van der Waals surface area contributed by atoms with E-state index >= 15 is 0 Å². The molecule has 1 aliphatic rings. The van der Waals surface area contributed by atoms with Crippen LogP contribution in [0.15, 0.2) is 29.1 Å². The number of rotatable bonds is 3. The lowest BCUT2D eigenvalue weighted by Gasteiger charge is -2.31. The van der Waals surface area contributed by atoms with Gasteiger partial charge in [-0.15, -0.1) is 0 Å². The van der Waals surface area contributed by atoms with E-state index in [1.165, 1.54) is 4.68 Å². The summed E-state index contributed by atoms with van der Waals surface area (Å²) in [5.74, 6) is 0.126. The highest BCUT2D eigenvalue weighted by molar-refractivity contribution is 6.04. The smallest absolute Gasteiger partial charge is 0.275 e. The molecule has 0 aliphatic carbocycles. The van der Waals surface area contributed by atoms with Gasteiger partial charge in [0.2, 0.25) is 0 Å². The molecule has 1 fully saturated rings. The Morgan fingerprint density at radius 1 is 1.33 bits per heavy atom. The first-order valence-electron chi connectivity index (χ1n) is 8.38. The van der Waals surface area contributed by atoms with Crippen molar-refractivity contribution in [3.63, 3.8) is 0 Å². The number of ether oxygens (including phenoxy) is 1. The molecule has 0 radical (unpaired) electrons. The zero-order valence-corrected chi connectivity index (χ0v) is 14.4. The van der Waals surface area contributed by atoms with E-state index in [4.69, 9.17) is 4.74 Å². The number of nitrogens with zero attached hydrogens (tertiary/aromatic N) is 3. The van der Waals surface area contributed by atoms with Crippen LogP contribution in [0.5, 0.6) is 0 Å². The first-order chi connectivity index (χ1) is 11.5. The highest BCUT2D eigenvalue weighted by atomic mass is 16.5. The minimum absolute atomic E-state index is 0.00975. The standard InChI is InChI=1S/C18H23N3O3/c1-12(2)10-21-17(22)15-7-5-4-6-14(15)16(19-21)18(23)20-8-9-24-13(3)11-20/h4-7,12-13H,8-11H2,1-3H3. The minimum Gasteiger partial charge on any atom is -0.375 e. The minimum atomic E-state index is -0.147. The van der Waals surface area contributed by atoms with Crippen LogP contribution in [0.2, 0.25) is 0 Å². The zero-order valence-electron chi connectivity index (χ0n) is 14.4. The maximum absolute atomic E-state index is 13.0. The van der Waals surface area contributed by atoms with E-state index in [9.17, 15) is 9.59 Å². The van der Waals surface area contributed by atoms with Gasteiger partial charge in [0, 0.05) is 25.0 Å². The van der Waals surface area contributed by atoms with Crippen molar-refractivity contribution in [2.24, 2.45) is 5.92 Å². The molecule has 0 N–H and O–H groups in total. The van der Waals surface area contributed by atoms with E-state index in [-0.39, 0.29) is 23.5 Å². The maximum atomic E-state index is 13.0. The van der Waals surface area contributed by atoms with Crippen LogP contribution in [0.1, 0.15) is 31.3 Å². The largest absolute Gasteiger partial charge is 0.375 e. The van der Waals surface area contributed by atoms with Gasteiger partial charge in [0.1, 0.15) is 0 Å². The summed E-state index contributed by atoms with van der Waals surface area (Å²) in [7, 11) is 0. The summed E-state index contributed by atoms with van der Waals surface area (Å²) in [6, 6.07) is 7.19. The Balaban J connectivity index is 2.10. The van der Waals surface area contributed by atoms with Crippen molar-refractivity contribution in [3.8, 4) is 0 Å². The van der Waals surface area contributed by atoms with Gasteiger partial charge in [0.05, 0.1) is 18.1 Å². The van der Waals surface area contributed by atoms with Gasteiger partial charge in [-0.3, -0.25) is 9.59 Å². The molecule has 1 unspecified atom stereocenters. The second-order valence-corrected chi connectivity index (χ2v) is 6.71. The Hall–Kier alpha value is -2.21. The van der Waals surface area contributed by atoms with E-state index < -0.39 is 0 Å². The molecule has 3 rings (SSSR count). The summed E-state index contributed by atoms with van der Waals surface area (Å²) in [6.45, 7) is 8.09. The number of hydrogen-bond donors (Lipinski definition) is 0. The number of aromatic nitrogens is 2. The highest BCUT2D eigenvalue weighted by Gasteiger charge is 2.26. The fourth-order valence-corrected chi connectivity index (χ4v) is 3.02. The molecule has 128 valence electrons. The molecule has 24 heavy (non-hydrogen) atoms. The number of carbonyl (C=O) groups is 1. The normalized spacial score (nSPS) is 18.3. The first-order valence-corrected chi connectivity index (χ1v) is 8.38. The maximum Gasteiger partial charge on any atom is 0.275 e. The molecule has 2 aromatic rings. The third-order valence-electron chi connectivity index (χ3n) is 4.14. The number of morpholine rings is 1. The lowest BCUT2D eigenvalue weighted by atomic mass is 10.1. The molecule has 1 aromatic heterocycles. The predicted octanol–water partition coefficient (Wildman–Crippen LogP) is 1.91. The lowest BCUT2D eigenvalue weighted by molar-refractivity contribution is -0.0126. The van der Waals surface area contributed by atoms with E-state index in [1.807, 2.05) is 32.9 Å². The van der Waals surface area contributed by atoms with Crippen molar-refractivity contribution in [2.75, 3.05) is 19.7 Å². The van der Waals surface area contributed by atoms with Gasteiger partial charge in [-0.25, -0.2) is 4.68 Å². The monoisotopic (exact) mass is 329 g/mol. The van der Waals surface area contributed by atoms with Crippen molar-refractivity contribution < 1.29 is 9.53 Å². The number of benzene rings is 1. The Labute approximate surface area is 141 Å². The summed E-state index contributed by atoms with van der Waals surface area (Å²) in [6.07, 6.45) is 0.00975. The molecular weight excluding hydrogens is 306 g/mol. The second-order valence-electron chi connectivity index (χ2n) is 6.71. The second kappa shape index (κ2) is 6.73. The summed E-state index contributed by atoms with van der Waals surface area (Å²) in [4.78, 5) is 27.4. The van der Waals surface area contributed by atoms with Crippen LogP contribution < -0.4 is 5.56 Å². The Morgan fingerprint density at radius 3 is 2.71 bits per heavy atom. The molecule has 6 nitrogen and oxygen atoms in total. The van der Waals surface area contributed by atoms with Crippen LogP contribution in [-0.4, -0.2) is 46.4 Å². The number of amides is 1. The SMILES string of the molecule is CC(C)Cn1nc(C(=O)N2CCOC(C)C2)c2ccccc2c1=O. The third kappa shape index (κ3) is 3.19. The van der Waals surface area contributed by atoms with E-state index in [0.29, 0.717) is 42.7 Å².